The van der Waals surface area contributed by atoms with Gasteiger partial charge in [-0.05, 0) is 51.4 Å². The summed E-state index contributed by atoms with van der Waals surface area (Å²) in [6, 6.07) is -0.626. The van der Waals surface area contributed by atoms with Crippen LogP contribution in [0.25, 0.3) is 0 Å². The lowest BCUT2D eigenvalue weighted by Crippen LogP contribution is -2.50. The van der Waals surface area contributed by atoms with Gasteiger partial charge in [0.2, 0.25) is 0 Å². The van der Waals surface area contributed by atoms with Crippen molar-refractivity contribution >= 4 is 17.9 Å². The number of carbonyl (C=O) groups is 3. The summed E-state index contributed by atoms with van der Waals surface area (Å²) in [4.78, 5) is 36.6. The molecule has 0 aromatic carbocycles. The molecule has 0 aliphatic rings. The summed E-state index contributed by atoms with van der Waals surface area (Å²) in [5.41, 5.74) is 0. The number of ether oxygens (including phenoxy) is 3. The molecule has 0 aromatic heterocycles. The molecular formula is C41H70NO7+. The van der Waals surface area contributed by atoms with Gasteiger partial charge in [0.15, 0.2) is 12.1 Å². The highest BCUT2D eigenvalue weighted by molar-refractivity contribution is 5.72. The van der Waals surface area contributed by atoms with Gasteiger partial charge in [-0.1, -0.05) is 120 Å². The van der Waals surface area contributed by atoms with Crippen LogP contribution in [-0.4, -0.2) is 80.6 Å². The monoisotopic (exact) mass is 689 g/mol. The lowest BCUT2D eigenvalue weighted by atomic mass is 10.1. The highest BCUT2D eigenvalue weighted by Gasteiger charge is 2.31. The van der Waals surface area contributed by atoms with E-state index in [-0.39, 0.29) is 42.7 Å². The Bertz CT molecular complexity index is 990. The number of quaternary nitrogens is 1. The van der Waals surface area contributed by atoms with E-state index in [4.69, 9.17) is 14.2 Å². The van der Waals surface area contributed by atoms with Crippen LogP contribution in [0.2, 0.25) is 0 Å². The van der Waals surface area contributed by atoms with Crippen LogP contribution in [0.5, 0.6) is 0 Å². The molecular weight excluding hydrogens is 618 g/mol. The Labute approximate surface area is 298 Å². The van der Waals surface area contributed by atoms with Gasteiger partial charge in [-0.3, -0.25) is 9.59 Å². The number of esters is 2. The molecule has 0 aromatic rings. The Kier molecular flexibility index (Phi) is 30.3. The fourth-order valence-corrected chi connectivity index (χ4v) is 5.03. The van der Waals surface area contributed by atoms with Gasteiger partial charge in [-0.25, -0.2) is 4.79 Å². The minimum absolute atomic E-state index is 0.0281. The number of aliphatic carboxylic acids is 1. The quantitative estimate of drug-likeness (QED) is 0.0247. The van der Waals surface area contributed by atoms with Crippen molar-refractivity contribution in [3.63, 3.8) is 0 Å². The van der Waals surface area contributed by atoms with Crippen molar-refractivity contribution in [2.45, 2.75) is 142 Å². The molecule has 2 atom stereocenters. The molecule has 0 radical (unpaired) electrons. The molecule has 0 saturated heterocycles. The van der Waals surface area contributed by atoms with Crippen molar-refractivity contribution in [3.8, 4) is 0 Å². The van der Waals surface area contributed by atoms with Crippen LogP contribution >= 0.6 is 0 Å². The zero-order valence-electron chi connectivity index (χ0n) is 31.6. The third-order valence-electron chi connectivity index (χ3n) is 7.98. The van der Waals surface area contributed by atoms with Crippen LogP contribution in [0.15, 0.2) is 60.8 Å². The average molecular weight is 689 g/mol. The summed E-state index contributed by atoms with van der Waals surface area (Å²) < 4.78 is 17.0. The number of rotatable bonds is 32. The third-order valence-corrected chi connectivity index (χ3v) is 7.98. The van der Waals surface area contributed by atoms with Crippen LogP contribution in [0, 0.1) is 0 Å². The van der Waals surface area contributed by atoms with Gasteiger partial charge >= 0.3 is 17.9 Å². The third kappa shape index (κ3) is 30.8. The maximum Gasteiger partial charge on any atom is 0.362 e. The highest BCUT2D eigenvalue weighted by Crippen LogP contribution is 2.11. The van der Waals surface area contributed by atoms with E-state index in [1.165, 1.54) is 32.1 Å². The fourth-order valence-electron chi connectivity index (χ4n) is 5.03. The number of carboxylic acids is 1. The second-order valence-electron chi connectivity index (χ2n) is 13.5. The molecule has 0 aliphatic heterocycles. The number of hydrogen-bond acceptors (Lipinski definition) is 6. The van der Waals surface area contributed by atoms with Gasteiger partial charge in [0.05, 0.1) is 34.4 Å². The first kappa shape index (κ1) is 46.0. The molecule has 0 fully saturated rings. The molecule has 2 unspecified atom stereocenters. The molecule has 1 N–H and O–H groups in total. The second-order valence-corrected chi connectivity index (χ2v) is 13.5. The number of unbranched alkanes of at least 4 members (excludes halogenated alkanes) is 10. The standard InChI is InChI=1S/C41H69NO7/c1-6-8-10-12-14-15-16-17-18-19-20-21-22-23-24-26-27-29-31-39(43)48-36-37(35-47-34-33-38(41(45)46)42(3,4)5)49-40(44)32-30-28-25-13-11-9-7-2/h9,11,16-21,25,28,37-38H,6-8,10,12-15,22-24,26-27,29-36H2,1-5H3/p+1/b11-9+,17-16+,19-18+,21-20+,28-25+. The van der Waals surface area contributed by atoms with E-state index in [0.717, 1.165) is 57.8 Å². The number of carboxylic acid groups (broad SMARTS) is 1. The smallest absolute Gasteiger partial charge is 0.362 e. The van der Waals surface area contributed by atoms with E-state index in [0.29, 0.717) is 19.3 Å². The maximum atomic E-state index is 12.5. The van der Waals surface area contributed by atoms with Crippen molar-refractivity contribution in [3.05, 3.63) is 60.8 Å². The van der Waals surface area contributed by atoms with Crippen LogP contribution in [-0.2, 0) is 28.6 Å². The molecule has 0 rings (SSSR count). The van der Waals surface area contributed by atoms with Crippen LogP contribution < -0.4 is 0 Å². The largest absolute Gasteiger partial charge is 0.477 e. The zero-order chi connectivity index (χ0) is 36.4. The Hall–Kier alpha value is -2.97. The SMILES string of the molecule is CC/C=C/C/C=C/CCC(=O)OC(COCCC(C(=O)O)[N+](C)(C)C)COC(=O)CCCCCCC/C=C/C=C/C=C/CCCCCCC. The summed E-state index contributed by atoms with van der Waals surface area (Å²) in [7, 11) is 5.47. The molecule has 280 valence electrons. The Morgan fingerprint density at radius 2 is 1.27 bits per heavy atom. The number of carbonyl (C=O) groups excluding carboxylic acids is 2. The van der Waals surface area contributed by atoms with Gasteiger partial charge in [-0.2, -0.15) is 0 Å². The Balaban J connectivity index is 4.39. The lowest BCUT2D eigenvalue weighted by Gasteiger charge is -2.31. The van der Waals surface area contributed by atoms with E-state index in [9.17, 15) is 19.5 Å². The van der Waals surface area contributed by atoms with E-state index in [2.05, 4.69) is 62.5 Å². The van der Waals surface area contributed by atoms with Gasteiger partial charge < -0.3 is 23.8 Å². The van der Waals surface area contributed by atoms with E-state index >= 15 is 0 Å². The Morgan fingerprint density at radius 3 is 1.88 bits per heavy atom. The number of allylic oxidation sites excluding steroid dienone is 10. The number of nitrogens with zero attached hydrogens (tertiary/aromatic N) is 1. The highest BCUT2D eigenvalue weighted by atomic mass is 16.6. The molecule has 0 spiro atoms. The van der Waals surface area contributed by atoms with Gasteiger partial charge in [0, 0.05) is 19.3 Å². The fraction of sp³-hybridized carbons (Fsp3) is 0.683. The van der Waals surface area contributed by atoms with Crippen LogP contribution in [0.4, 0.5) is 0 Å². The summed E-state index contributed by atoms with van der Waals surface area (Å²) in [6.45, 7) is 4.45. The number of likely N-dealkylation sites (N-methyl/N-ethyl adjacent to an activating group) is 1. The minimum atomic E-state index is -0.891. The molecule has 49 heavy (non-hydrogen) atoms. The van der Waals surface area contributed by atoms with Crippen molar-refractivity contribution in [2.75, 3.05) is 41.0 Å². The zero-order valence-corrected chi connectivity index (χ0v) is 31.6. The van der Waals surface area contributed by atoms with Crippen molar-refractivity contribution in [1.82, 2.24) is 0 Å². The summed E-state index contributed by atoms with van der Waals surface area (Å²) in [5, 5.41) is 9.55. The van der Waals surface area contributed by atoms with Crippen molar-refractivity contribution in [2.24, 2.45) is 0 Å². The predicted molar refractivity (Wildman–Crippen MR) is 201 cm³/mol. The van der Waals surface area contributed by atoms with E-state index < -0.39 is 18.1 Å². The van der Waals surface area contributed by atoms with E-state index in [1.807, 2.05) is 33.3 Å². The summed E-state index contributed by atoms with van der Waals surface area (Å²) >= 11 is 0. The minimum Gasteiger partial charge on any atom is -0.477 e. The number of hydrogen-bond donors (Lipinski definition) is 1. The molecule has 8 nitrogen and oxygen atoms in total. The molecule has 0 heterocycles. The first-order valence-electron chi connectivity index (χ1n) is 18.9. The van der Waals surface area contributed by atoms with Gasteiger partial charge in [0.1, 0.15) is 6.61 Å². The van der Waals surface area contributed by atoms with Gasteiger partial charge in [0.25, 0.3) is 0 Å². The molecule has 0 bridgehead atoms. The Morgan fingerprint density at radius 1 is 0.653 bits per heavy atom. The van der Waals surface area contributed by atoms with Crippen LogP contribution in [0.3, 0.4) is 0 Å². The summed E-state index contributed by atoms with van der Waals surface area (Å²) in [6.07, 6.45) is 37.3. The molecule has 0 amide bonds. The summed E-state index contributed by atoms with van der Waals surface area (Å²) in [5.74, 6) is -1.60. The van der Waals surface area contributed by atoms with E-state index in [1.54, 1.807) is 0 Å². The maximum absolute atomic E-state index is 12.5. The van der Waals surface area contributed by atoms with Crippen LogP contribution in [0.1, 0.15) is 129 Å². The molecule has 0 aliphatic carbocycles. The first-order chi connectivity index (χ1) is 23.6. The normalized spacial score (nSPS) is 13.7. The van der Waals surface area contributed by atoms with Crippen molar-refractivity contribution in [1.29, 1.82) is 0 Å². The van der Waals surface area contributed by atoms with Gasteiger partial charge in [-0.15, -0.1) is 0 Å². The average Bonchev–Trinajstić information content (AvgIpc) is 3.05. The predicted octanol–water partition coefficient (Wildman–Crippen LogP) is 9.46. The van der Waals surface area contributed by atoms with Crippen molar-refractivity contribution < 1.29 is 38.2 Å². The topological polar surface area (TPSA) is 99.1 Å². The first-order valence-corrected chi connectivity index (χ1v) is 18.9. The lowest BCUT2D eigenvalue weighted by molar-refractivity contribution is -0.887. The molecule has 0 saturated carbocycles. The second kappa shape index (κ2) is 32.2. The molecule has 8 heteroatoms.